The van der Waals surface area contributed by atoms with Gasteiger partial charge in [0.25, 0.3) is 0 Å². The van der Waals surface area contributed by atoms with E-state index in [2.05, 4.69) is 27.4 Å². The number of fused-ring (bicyclic) bond motifs is 1. The molecular formula is C12H17N3O. The highest BCUT2D eigenvalue weighted by atomic mass is 16.3. The number of aliphatic hydroxyl groups is 1. The van der Waals surface area contributed by atoms with Crippen LogP contribution < -0.4 is 5.32 Å². The van der Waals surface area contributed by atoms with E-state index >= 15 is 0 Å². The quantitative estimate of drug-likeness (QED) is 0.657. The highest BCUT2D eigenvalue weighted by Crippen LogP contribution is 2.13. The summed E-state index contributed by atoms with van der Waals surface area (Å²) < 4.78 is 0. The van der Waals surface area contributed by atoms with Gasteiger partial charge in [0, 0.05) is 6.54 Å². The van der Waals surface area contributed by atoms with Crippen LogP contribution in [0.3, 0.4) is 0 Å². The van der Waals surface area contributed by atoms with E-state index < -0.39 is 0 Å². The van der Waals surface area contributed by atoms with Gasteiger partial charge in [0.1, 0.15) is 5.82 Å². The van der Waals surface area contributed by atoms with Crippen LogP contribution in [0.5, 0.6) is 0 Å². The standard InChI is InChI=1S/C12H17N3O/c1-9-14-11-3-2-10(8-12(11)15-9)4-5-13-6-7-16/h2-3,8,13,16H,4-7H2,1H3,(H,14,15). The molecule has 1 aromatic carbocycles. The van der Waals surface area contributed by atoms with Gasteiger partial charge in [0.2, 0.25) is 0 Å². The summed E-state index contributed by atoms with van der Waals surface area (Å²) in [6, 6.07) is 6.28. The highest BCUT2D eigenvalue weighted by molar-refractivity contribution is 5.75. The number of rotatable bonds is 5. The van der Waals surface area contributed by atoms with Crippen molar-refractivity contribution in [2.45, 2.75) is 13.3 Å². The van der Waals surface area contributed by atoms with Crippen molar-refractivity contribution in [1.82, 2.24) is 15.3 Å². The molecule has 0 bridgehead atoms. The minimum atomic E-state index is 0.193. The Morgan fingerprint density at radius 1 is 1.38 bits per heavy atom. The summed E-state index contributed by atoms with van der Waals surface area (Å²) >= 11 is 0. The van der Waals surface area contributed by atoms with E-state index in [1.165, 1.54) is 5.56 Å². The lowest BCUT2D eigenvalue weighted by atomic mass is 10.1. The summed E-state index contributed by atoms with van der Waals surface area (Å²) in [5.41, 5.74) is 3.39. The Kier molecular flexibility index (Phi) is 3.54. The number of imidazole rings is 1. The number of benzene rings is 1. The SMILES string of the molecule is Cc1nc2ccc(CCNCCO)cc2[nH]1. The second kappa shape index (κ2) is 5.09. The number of aromatic nitrogens is 2. The minimum absolute atomic E-state index is 0.193. The summed E-state index contributed by atoms with van der Waals surface area (Å²) in [5.74, 6) is 0.950. The maximum atomic E-state index is 8.63. The van der Waals surface area contributed by atoms with Crippen LogP contribution in [-0.4, -0.2) is 34.8 Å². The normalized spacial score (nSPS) is 11.1. The van der Waals surface area contributed by atoms with Gasteiger partial charge in [-0.2, -0.15) is 0 Å². The second-order valence-corrected chi connectivity index (χ2v) is 3.90. The van der Waals surface area contributed by atoms with Gasteiger partial charge >= 0.3 is 0 Å². The van der Waals surface area contributed by atoms with Crippen molar-refractivity contribution in [3.8, 4) is 0 Å². The summed E-state index contributed by atoms with van der Waals surface area (Å²) in [5, 5.41) is 11.8. The van der Waals surface area contributed by atoms with E-state index in [0.717, 1.165) is 29.8 Å². The molecule has 0 fully saturated rings. The fourth-order valence-electron chi connectivity index (χ4n) is 1.78. The van der Waals surface area contributed by atoms with Crippen LogP contribution in [0.25, 0.3) is 11.0 Å². The zero-order valence-corrected chi connectivity index (χ0v) is 9.45. The molecule has 0 amide bonds. The highest BCUT2D eigenvalue weighted by Gasteiger charge is 2.00. The van der Waals surface area contributed by atoms with Gasteiger partial charge in [-0.05, 0) is 37.6 Å². The predicted molar refractivity (Wildman–Crippen MR) is 64.5 cm³/mol. The van der Waals surface area contributed by atoms with Crippen LogP contribution in [0.15, 0.2) is 18.2 Å². The van der Waals surface area contributed by atoms with E-state index in [9.17, 15) is 0 Å². The van der Waals surface area contributed by atoms with E-state index in [1.807, 2.05) is 13.0 Å². The number of nitrogens with one attached hydrogen (secondary N) is 2. The number of hydrogen-bond acceptors (Lipinski definition) is 3. The molecule has 0 spiro atoms. The summed E-state index contributed by atoms with van der Waals surface area (Å²) in [7, 11) is 0. The molecule has 16 heavy (non-hydrogen) atoms. The van der Waals surface area contributed by atoms with Gasteiger partial charge in [-0.15, -0.1) is 0 Å². The van der Waals surface area contributed by atoms with Crippen LogP contribution in [0.2, 0.25) is 0 Å². The number of nitrogens with zero attached hydrogens (tertiary/aromatic N) is 1. The van der Waals surface area contributed by atoms with Crippen molar-refractivity contribution in [1.29, 1.82) is 0 Å². The zero-order valence-electron chi connectivity index (χ0n) is 9.45. The number of aryl methyl sites for hydroxylation is 1. The van der Waals surface area contributed by atoms with Gasteiger partial charge in [0.05, 0.1) is 17.6 Å². The fourth-order valence-corrected chi connectivity index (χ4v) is 1.78. The third-order valence-electron chi connectivity index (χ3n) is 2.54. The van der Waals surface area contributed by atoms with Crippen molar-refractivity contribution in [2.75, 3.05) is 19.7 Å². The lowest BCUT2D eigenvalue weighted by Crippen LogP contribution is -2.20. The lowest BCUT2D eigenvalue weighted by molar-refractivity contribution is 0.293. The first-order valence-electron chi connectivity index (χ1n) is 5.56. The van der Waals surface area contributed by atoms with Gasteiger partial charge in [-0.3, -0.25) is 0 Å². The van der Waals surface area contributed by atoms with Crippen molar-refractivity contribution in [3.63, 3.8) is 0 Å². The molecule has 0 saturated heterocycles. The fraction of sp³-hybridized carbons (Fsp3) is 0.417. The van der Waals surface area contributed by atoms with E-state index in [4.69, 9.17) is 5.11 Å². The minimum Gasteiger partial charge on any atom is -0.395 e. The third-order valence-corrected chi connectivity index (χ3v) is 2.54. The van der Waals surface area contributed by atoms with Crippen LogP contribution in [-0.2, 0) is 6.42 Å². The molecule has 0 saturated carbocycles. The summed E-state index contributed by atoms with van der Waals surface area (Å²) in [6.07, 6.45) is 0.966. The predicted octanol–water partition coefficient (Wildman–Crippen LogP) is 0.996. The van der Waals surface area contributed by atoms with Crippen LogP contribution in [0.4, 0.5) is 0 Å². The maximum absolute atomic E-state index is 8.63. The molecule has 0 atom stereocenters. The molecule has 0 aliphatic heterocycles. The zero-order chi connectivity index (χ0) is 11.4. The van der Waals surface area contributed by atoms with Gasteiger partial charge in [-0.25, -0.2) is 4.98 Å². The molecule has 2 aromatic rings. The topological polar surface area (TPSA) is 60.9 Å². The van der Waals surface area contributed by atoms with Crippen molar-refractivity contribution in [3.05, 3.63) is 29.6 Å². The Hall–Kier alpha value is -1.39. The van der Waals surface area contributed by atoms with E-state index in [1.54, 1.807) is 0 Å². The van der Waals surface area contributed by atoms with Crippen molar-refractivity contribution in [2.24, 2.45) is 0 Å². The van der Waals surface area contributed by atoms with E-state index in [0.29, 0.717) is 6.54 Å². The average molecular weight is 219 g/mol. The first-order chi connectivity index (χ1) is 7.79. The van der Waals surface area contributed by atoms with Gasteiger partial charge in [0.15, 0.2) is 0 Å². The largest absolute Gasteiger partial charge is 0.395 e. The van der Waals surface area contributed by atoms with Crippen molar-refractivity contribution >= 4 is 11.0 Å². The Bertz CT molecular complexity index is 464. The molecule has 1 heterocycles. The monoisotopic (exact) mass is 219 g/mol. The molecule has 1 aromatic heterocycles. The number of H-pyrrole nitrogens is 1. The molecule has 86 valence electrons. The molecule has 3 N–H and O–H groups in total. The Morgan fingerprint density at radius 3 is 3.06 bits per heavy atom. The summed E-state index contributed by atoms with van der Waals surface area (Å²) in [6.45, 7) is 3.70. The summed E-state index contributed by atoms with van der Waals surface area (Å²) in [4.78, 5) is 7.59. The Labute approximate surface area is 94.7 Å². The molecular weight excluding hydrogens is 202 g/mol. The Balaban J connectivity index is 2.02. The van der Waals surface area contributed by atoms with Crippen LogP contribution >= 0.6 is 0 Å². The molecule has 0 unspecified atom stereocenters. The van der Waals surface area contributed by atoms with Gasteiger partial charge < -0.3 is 15.4 Å². The number of aliphatic hydroxyl groups excluding tert-OH is 1. The lowest BCUT2D eigenvalue weighted by Gasteiger charge is -2.02. The maximum Gasteiger partial charge on any atom is 0.104 e. The molecule has 4 nitrogen and oxygen atoms in total. The first kappa shape index (κ1) is 11.1. The smallest absolute Gasteiger partial charge is 0.104 e. The second-order valence-electron chi connectivity index (χ2n) is 3.90. The average Bonchev–Trinajstić information content (AvgIpc) is 2.64. The van der Waals surface area contributed by atoms with Crippen molar-refractivity contribution < 1.29 is 5.11 Å². The molecule has 2 rings (SSSR count). The van der Waals surface area contributed by atoms with Crippen LogP contribution in [0.1, 0.15) is 11.4 Å². The Morgan fingerprint density at radius 2 is 2.25 bits per heavy atom. The molecule has 0 aliphatic carbocycles. The number of aromatic amines is 1. The van der Waals surface area contributed by atoms with Crippen LogP contribution in [0, 0.1) is 6.92 Å². The molecule has 0 aliphatic rings. The van der Waals surface area contributed by atoms with Gasteiger partial charge in [-0.1, -0.05) is 6.07 Å². The molecule has 0 radical (unpaired) electrons. The van der Waals surface area contributed by atoms with E-state index in [-0.39, 0.29) is 6.61 Å². The number of hydrogen-bond donors (Lipinski definition) is 3. The first-order valence-corrected chi connectivity index (χ1v) is 5.56. The molecule has 4 heteroatoms. The third kappa shape index (κ3) is 2.59.